The van der Waals surface area contributed by atoms with Crippen LogP contribution in [0.2, 0.25) is 0 Å². The fourth-order valence-electron chi connectivity index (χ4n) is 2.01. The van der Waals surface area contributed by atoms with E-state index in [0.717, 1.165) is 11.7 Å². The van der Waals surface area contributed by atoms with Crippen molar-refractivity contribution in [3.05, 3.63) is 0 Å². The minimum absolute atomic E-state index is 0.965. The third-order valence-corrected chi connectivity index (χ3v) is 3.02. The molecule has 0 spiro atoms. The van der Waals surface area contributed by atoms with E-state index in [1.54, 1.807) is 0 Å². The second-order valence-corrected chi connectivity index (χ2v) is 4.11. The lowest BCUT2D eigenvalue weighted by Crippen LogP contribution is -2.05. The van der Waals surface area contributed by atoms with Crippen molar-refractivity contribution in [2.45, 2.75) is 51.4 Å². The van der Waals surface area contributed by atoms with Crippen molar-refractivity contribution in [1.29, 1.82) is 0 Å². The van der Waals surface area contributed by atoms with E-state index >= 15 is 0 Å². The molecule has 0 aromatic rings. The van der Waals surface area contributed by atoms with Gasteiger partial charge in [0.1, 0.15) is 0 Å². The summed E-state index contributed by atoms with van der Waals surface area (Å²) < 4.78 is 0. The summed E-state index contributed by atoms with van der Waals surface area (Å²) in [6, 6.07) is 0. The van der Waals surface area contributed by atoms with Crippen LogP contribution in [0.15, 0.2) is 0 Å². The summed E-state index contributed by atoms with van der Waals surface area (Å²) >= 11 is 4.92. The van der Waals surface area contributed by atoms with Crippen LogP contribution < -0.4 is 0 Å². The Morgan fingerprint density at radius 2 is 1.73 bits per heavy atom. The predicted molar refractivity (Wildman–Crippen MR) is 52.9 cm³/mol. The maximum atomic E-state index is 4.92. The van der Waals surface area contributed by atoms with Gasteiger partial charge in [-0.2, -0.15) is 0 Å². The van der Waals surface area contributed by atoms with Gasteiger partial charge in [-0.1, -0.05) is 57.6 Å². The summed E-state index contributed by atoms with van der Waals surface area (Å²) in [5.74, 6) is 2.03. The molecule has 0 atom stereocenters. The van der Waals surface area contributed by atoms with Crippen LogP contribution in [0.25, 0.3) is 0 Å². The molecule has 1 fully saturated rings. The zero-order valence-electron chi connectivity index (χ0n) is 7.35. The Kier molecular flexibility index (Phi) is 5.09. The average Bonchev–Trinajstić information content (AvgIpc) is 2.07. The van der Waals surface area contributed by atoms with Gasteiger partial charge in [0.05, 0.1) is 0 Å². The first kappa shape index (κ1) is 9.44. The SMILES string of the molecule is [S]CCCCC1CCCCC1. The van der Waals surface area contributed by atoms with Gasteiger partial charge in [-0.05, 0) is 12.3 Å². The Balaban J connectivity index is 1.96. The molecule has 0 bridgehead atoms. The van der Waals surface area contributed by atoms with Crippen molar-refractivity contribution in [3.63, 3.8) is 0 Å². The summed E-state index contributed by atoms with van der Waals surface area (Å²) in [5, 5.41) is 0. The van der Waals surface area contributed by atoms with Crippen molar-refractivity contribution >= 4 is 12.6 Å². The van der Waals surface area contributed by atoms with E-state index in [4.69, 9.17) is 12.6 Å². The fraction of sp³-hybridized carbons (Fsp3) is 1.00. The van der Waals surface area contributed by atoms with Crippen molar-refractivity contribution in [3.8, 4) is 0 Å². The molecule has 1 aliphatic rings. The molecule has 0 aliphatic heterocycles. The van der Waals surface area contributed by atoms with Crippen LogP contribution in [-0.4, -0.2) is 5.75 Å². The topological polar surface area (TPSA) is 0 Å². The van der Waals surface area contributed by atoms with Crippen LogP contribution in [0.4, 0.5) is 0 Å². The molecule has 1 saturated carbocycles. The van der Waals surface area contributed by atoms with Gasteiger partial charge < -0.3 is 0 Å². The van der Waals surface area contributed by atoms with Crippen LogP contribution in [0.3, 0.4) is 0 Å². The van der Waals surface area contributed by atoms with Gasteiger partial charge in [0.25, 0.3) is 0 Å². The largest absolute Gasteiger partial charge is 0.0942 e. The highest BCUT2D eigenvalue weighted by atomic mass is 32.1. The van der Waals surface area contributed by atoms with Crippen molar-refractivity contribution in [1.82, 2.24) is 0 Å². The van der Waals surface area contributed by atoms with Crippen LogP contribution in [0.5, 0.6) is 0 Å². The van der Waals surface area contributed by atoms with E-state index in [1.807, 2.05) is 0 Å². The molecule has 0 saturated heterocycles. The molecule has 0 heterocycles. The molecular weight excluding hydrogens is 152 g/mol. The first-order chi connectivity index (χ1) is 5.43. The highest BCUT2D eigenvalue weighted by Crippen LogP contribution is 2.27. The Hall–Kier alpha value is 0.350. The molecule has 0 unspecified atom stereocenters. The summed E-state index contributed by atoms with van der Waals surface area (Å²) in [7, 11) is 0. The van der Waals surface area contributed by atoms with Gasteiger partial charge in [0, 0.05) is 5.75 Å². The molecule has 0 amide bonds. The van der Waals surface area contributed by atoms with Crippen molar-refractivity contribution < 1.29 is 0 Å². The third-order valence-electron chi connectivity index (χ3n) is 2.73. The minimum Gasteiger partial charge on any atom is -0.0942 e. The molecular formula is C10H19S. The highest BCUT2D eigenvalue weighted by molar-refractivity contribution is 7.80. The number of rotatable bonds is 4. The standard InChI is InChI=1S/C10H19S/c11-9-5-4-8-10-6-2-1-3-7-10/h10H,1-9H2. The second kappa shape index (κ2) is 5.93. The average molecular weight is 171 g/mol. The van der Waals surface area contributed by atoms with Crippen LogP contribution in [0.1, 0.15) is 51.4 Å². The quantitative estimate of drug-likeness (QED) is 0.562. The van der Waals surface area contributed by atoms with E-state index in [2.05, 4.69) is 0 Å². The summed E-state index contributed by atoms with van der Waals surface area (Å²) in [4.78, 5) is 0. The zero-order valence-corrected chi connectivity index (χ0v) is 8.17. The monoisotopic (exact) mass is 171 g/mol. The summed E-state index contributed by atoms with van der Waals surface area (Å²) in [6.07, 6.45) is 11.6. The lowest BCUT2D eigenvalue weighted by molar-refractivity contribution is 0.332. The van der Waals surface area contributed by atoms with Gasteiger partial charge >= 0.3 is 0 Å². The maximum absolute atomic E-state index is 4.92. The molecule has 0 aromatic heterocycles. The Bertz CT molecular complexity index is 84.9. The molecule has 0 nitrogen and oxygen atoms in total. The molecule has 0 aromatic carbocycles. The molecule has 0 N–H and O–H groups in total. The fourth-order valence-corrected chi connectivity index (χ4v) is 2.22. The first-order valence-corrected chi connectivity index (χ1v) is 5.59. The Morgan fingerprint density at radius 1 is 1.00 bits per heavy atom. The van der Waals surface area contributed by atoms with E-state index in [-0.39, 0.29) is 0 Å². The number of hydrogen-bond acceptors (Lipinski definition) is 0. The van der Waals surface area contributed by atoms with E-state index in [1.165, 1.54) is 51.4 Å². The molecule has 1 heteroatoms. The van der Waals surface area contributed by atoms with Crippen LogP contribution in [-0.2, 0) is 0 Å². The molecule has 11 heavy (non-hydrogen) atoms. The Morgan fingerprint density at radius 3 is 2.36 bits per heavy atom. The lowest BCUT2D eigenvalue weighted by atomic mass is 9.86. The van der Waals surface area contributed by atoms with Gasteiger partial charge in [-0.25, -0.2) is 0 Å². The molecule has 1 aliphatic carbocycles. The van der Waals surface area contributed by atoms with Crippen molar-refractivity contribution in [2.24, 2.45) is 5.92 Å². The third kappa shape index (κ3) is 4.05. The van der Waals surface area contributed by atoms with Crippen LogP contribution in [0, 0.1) is 5.92 Å². The van der Waals surface area contributed by atoms with Crippen LogP contribution >= 0.6 is 12.6 Å². The Labute approximate surface area is 76.2 Å². The predicted octanol–water partition coefficient (Wildman–Crippen LogP) is 3.93. The number of hydrogen-bond donors (Lipinski definition) is 0. The lowest BCUT2D eigenvalue weighted by Gasteiger charge is -2.20. The van der Waals surface area contributed by atoms with Crippen molar-refractivity contribution in [2.75, 3.05) is 5.75 Å². The zero-order chi connectivity index (χ0) is 7.94. The van der Waals surface area contributed by atoms with Gasteiger partial charge in [-0.3, -0.25) is 0 Å². The second-order valence-electron chi connectivity index (χ2n) is 3.70. The normalized spacial score (nSPS) is 20.5. The minimum atomic E-state index is 0.965. The maximum Gasteiger partial charge on any atom is 0.00369 e. The van der Waals surface area contributed by atoms with Gasteiger partial charge in [0.15, 0.2) is 0 Å². The first-order valence-electron chi connectivity index (χ1n) is 5.01. The molecule has 1 radical (unpaired) electrons. The molecule has 1 rings (SSSR count). The van der Waals surface area contributed by atoms with E-state index in [0.29, 0.717) is 0 Å². The number of unbranched alkanes of at least 4 members (excludes halogenated alkanes) is 1. The molecule has 65 valence electrons. The van der Waals surface area contributed by atoms with Gasteiger partial charge in [-0.15, -0.1) is 0 Å². The van der Waals surface area contributed by atoms with E-state index in [9.17, 15) is 0 Å². The van der Waals surface area contributed by atoms with Gasteiger partial charge in [0.2, 0.25) is 0 Å². The highest BCUT2D eigenvalue weighted by Gasteiger charge is 2.11. The smallest absolute Gasteiger partial charge is 0.00369 e. The summed E-state index contributed by atoms with van der Waals surface area (Å²) in [5.41, 5.74) is 0. The summed E-state index contributed by atoms with van der Waals surface area (Å²) in [6.45, 7) is 0. The van der Waals surface area contributed by atoms with E-state index < -0.39 is 0 Å².